The highest BCUT2D eigenvalue weighted by Gasteiger charge is 2.21. The van der Waals surface area contributed by atoms with Crippen molar-refractivity contribution in [2.24, 2.45) is 5.92 Å². The van der Waals surface area contributed by atoms with Gasteiger partial charge in [-0.25, -0.2) is 0 Å². The molecule has 0 aromatic carbocycles. The lowest BCUT2D eigenvalue weighted by Crippen LogP contribution is -2.03. The van der Waals surface area contributed by atoms with Crippen molar-refractivity contribution >= 4 is 21.6 Å². The zero-order valence-electron chi connectivity index (χ0n) is 9.15. The Morgan fingerprint density at radius 2 is 1.93 bits per heavy atom. The molecule has 0 saturated carbocycles. The largest absolute Gasteiger partial charge is 0.379 e. The van der Waals surface area contributed by atoms with Gasteiger partial charge in [-0.15, -0.1) is 0 Å². The molecule has 0 aromatic rings. The van der Waals surface area contributed by atoms with Crippen LogP contribution in [-0.2, 0) is 9.47 Å². The zero-order chi connectivity index (χ0) is 10.3. The number of hydrogen-bond acceptors (Lipinski definition) is 4. The molecule has 0 spiro atoms. The smallest absolute Gasteiger partial charge is 0.104 e. The first-order chi connectivity index (χ1) is 7.45. The van der Waals surface area contributed by atoms with Gasteiger partial charge < -0.3 is 9.47 Å². The molecular weight excluding hydrogens is 228 g/mol. The van der Waals surface area contributed by atoms with Gasteiger partial charge >= 0.3 is 0 Å². The Bertz CT molecular complexity index is 168. The minimum Gasteiger partial charge on any atom is -0.379 e. The lowest BCUT2D eigenvalue weighted by atomic mass is 10.1. The summed E-state index contributed by atoms with van der Waals surface area (Å²) in [6.07, 6.45) is 5.79. The molecule has 1 atom stereocenters. The summed E-state index contributed by atoms with van der Waals surface area (Å²) in [7, 11) is 4.08. The molecule has 0 N–H and O–H groups in total. The summed E-state index contributed by atoms with van der Waals surface area (Å²) in [6.45, 7) is 2.65. The van der Waals surface area contributed by atoms with Crippen LogP contribution in [0.15, 0.2) is 0 Å². The zero-order valence-corrected chi connectivity index (χ0v) is 10.8. The van der Waals surface area contributed by atoms with Crippen LogP contribution in [0.3, 0.4) is 0 Å². The molecule has 88 valence electrons. The predicted molar refractivity (Wildman–Crippen MR) is 67.4 cm³/mol. The number of unbranched alkanes of at least 4 members (excludes halogenated alkanes) is 2. The third-order valence-corrected chi connectivity index (χ3v) is 5.50. The van der Waals surface area contributed by atoms with Crippen molar-refractivity contribution in [2.45, 2.75) is 31.8 Å². The molecule has 0 bridgehead atoms. The van der Waals surface area contributed by atoms with Gasteiger partial charge in [0.15, 0.2) is 0 Å². The first-order valence-corrected chi connectivity index (χ1v) is 8.38. The highest BCUT2D eigenvalue weighted by atomic mass is 33.1. The topological polar surface area (TPSA) is 21.8 Å². The maximum absolute atomic E-state index is 5.50. The number of ether oxygens (including phenoxy) is 2. The minimum atomic E-state index is 0.428. The number of hydrogen-bond donors (Lipinski definition) is 0. The van der Waals surface area contributed by atoms with Crippen LogP contribution in [0.25, 0.3) is 0 Å². The van der Waals surface area contributed by atoms with Crippen molar-refractivity contribution in [3.8, 4) is 0 Å². The third kappa shape index (κ3) is 5.48. The van der Waals surface area contributed by atoms with Crippen LogP contribution in [0.2, 0.25) is 0 Å². The van der Waals surface area contributed by atoms with Crippen molar-refractivity contribution in [3.05, 3.63) is 0 Å². The Morgan fingerprint density at radius 1 is 1.13 bits per heavy atom. The molecule has 15 heavy (non-hydrogen) atoms. The average molecular weight is 248 g/mol. The van der Waals surface area contributed by atoms with Gasteiger partial charge in [-0.05, 0) is 18.8 Å². The van der Waals surface area contributed by atoms with Gasteiger partial charge in [0.2, 0.25) is 0 Å². The molecule has 2 heterocycles. The molecule has 2 saturated heterocycles. The Morgan fingerprint density at radius 3 is 2.67 bits per heavy atom. The SMILES string of the molecule is C(CCOCC1CO1)CCC1CSSC1. The number of epoxide rings is 1. The summed E-state index contributed by atoms with van der Waals surface area (Å²) in [5.74, 6) is 3.74. The molecule has 2 nitrogen and oxygen atoms in total. The highest BCUT2D eigenvalue weighted by molar-refractivity contribution is 8.77. The van der Waals surface area contributed by atoms with Gasteiger partial charge in [-0.1, -0.05) is 34.4 Å². The van der Waals surface area contributed by atoms with Crippen molar-refractivity contribution in [1.29, 1.82) is 0 Å². The van der Waals surface area contributed by atoms with Crippen LogP contribution >= 0.6 is 21.6 Å². The lowest BCUT2D eigenvalue weighted by molar-refractivity contribution is 0.113. The molecule has 0 aromatic heterocycles. The van der Waals surface area contributed by atoms with E-state index in [1.807, 2.05) is 21.6 Å². The molecule has 0 amide bonds. The van der Waals surface area contributed by atoms with Gasteiger partial charge in [-0.3, -0.25) is 0 Å². The van der Waals surface area contributed by atoms with E-state index in [2.05, 4.69) is 0 Å². The van der Waals surface area contributed by atoms with Gasteiger partial charge in [0.1, 0.15) is 6.10 Å². The van der Waals surface area contributed by atoms with Crippen LogP contribution < -0.4 is 0 Å². The van der Waals surface area contributed by atoms with Crippen molar-refractivity contribution < 1.29 is 9.47 Å². The molecule has 2 aliphatic heterocycles. The molecule has 0 radical (unpaired) electrons. The summed E-state index contributed by atoms with van der Waals surface area (Å²) in [5.41, 5.74) is 0. The monoisotopic (exact) mass is 248 g/mol. The van der Waals surface area contributed by atoms with Gasteiger partial charge in [0.05, 0.1) is 13.2 Å². The molecule has 2 fully saturated rings. The highest BCUT2D eigenvalue weighted by Crippen LogP contribution is 2.36. The van der Waals surface area contributed by atoms with E-state index in [0.717, 1.165) is 25.7 Å². The van der Waals surface area contributed by atoms with E-state index < -0.39 is 0 Å². The summed E-state index contributed by atoms with van der Waals surface area (Å²) >= 11 is 0. The Labute approximate surface area is 100 Å². The molecule has 0 aliphatic carbocycles. The average Bonchev–Trinajstić information content (AvgIpc) is 2.92. The quantitative estimate of drug-likeness (QED) is 0.374. The fraction of sp³-hybridized carbons (Fsp3) is 1.00. The summed E-state index contributed by atoms with van der Waals surface area (Å²) < 4.78 is 10.6. The fourth-order valence-corrected chi connectivity index (χ4v) is 4.72. The van der Waals surface area contributed by atoms with Crippen LogP contribution in [0.4, 0.5) is 0 Å². The van der Waals surface area contributed by atoms with E-state index in [9.17, 15) is 0 Å². The molecule has 2 aliphatic rings. The van der Waals surface area contributed by atoms with Gasteiger partial charge in [0.25, 0.3) is 0 Å². The lowest BCUT2D eigenvalue weighted by Gasteiger charge is -2.06. The van der Waals surface area contributed by atoms with E-state index >= 15 is 0 Å². The van der Waals surface area contributed by atoms with Crippen LogP contribution in [0.5, 0.6) is 0 Å². The van der Waals surface area contributed by atoms with E-state index in [1.165, 1.54) is 37.2 Å². The minimum absolute atomic E-state index is 0.428. The number of rotatable bonds is 8. The maximum atomic E-state index is 5.50. The third-order valence-electron chi connectivity index (χ3n) is 2.80. The van der Waals surface area contributed by atoms with Crippen LogP contribution in [-0.4, -0.2) is 37.4 Å². The van der Waals surface area contributed by atoms with E-state index in [1.54, 1.807) is 0 Å². The fourth-order valence-electron chi connectivity index (χ4n) is 1.70. The van der Waals surface area contributed by atoms with Gasteiger partial charge in [0, 0.05) is 18.1 Å². The van der Waals surface area contributed by atoms with Crippen molar-refractivity contribution in [1.82, 2.24) is 0 Å². The Kier molecular flexibility index (Phi) is 5.68. The second-order valence-corrected chi connectivity index (χ2v) is 6.87. The Hall–Kier alpha value is 0.620. The second-order valence-electron chi connectivity index (χ2n) is 4.31. The van der Waals surface area contributed by atoms with Crippen molar-refractivity contribution in [3.63, 3.8) is 0 Å². The van der Waals surface area contributed by atoms with E-state index in [4.69, 9.17) is 9.47 Å². The standard InChI is InChI=1S/C11H20O2S2/c1(2-4-10-8-14-15-9-10)3-5-12-6-11-7-13-11/h10-11H,1-9H2. The molecule has 4 heteroatoms. The normalized spacial score (nSPS) is 26.0. The van der Waals surface area contributed by atoms with E-state index in [0.29, 0.717) is 6.10 Å². The van der Waals surface area contributed by atoms with Crippen LogP contribution in [0.1, 0.15) is 25.7 Å². The molecule has 2 rings (SSSR count). The molecule has 1 unspecified atom stereocenters. The molecular formula is C11H20O2S2. The predicted octanol–water partition coefficient (Wildman–Crippen LogP) is 2.97. The second kappa shape index (κ2) is 7.05. The van der Waals surface area contributed by atoms with Gasteiger partial charge in [-0.2, -0.15) is 0 Å². The summed E-state index contributed by atoms with van der Waals surface area (Å²) in [6, 6.07) is 0. The van der Waals surface area contributed by atoms with Crippen molar-refractivity contribution in [2.75, 3.05) is 31.3 Å². The maximum Gasteiger partial charge on any atom is 0.104 e. The summed E-state index contributed by atoms with van der Waals surface area (Å²) in [5, 5.41) is 0. The first-order valence-electron chi connectivity index (χ1n) is 5.89. The Balaban J connectivity index is 1.32. The first kappa shape index (κ1) is 12.1. The van der Waals surface area contributed by atoms with E-state index in [-0.39, 0.29) is 0 Å². The van der Waals surface area contributed by atoms with Crippen LogP contribution in [0, 0.1) is 5.92 Å². The summed E-state index contributed by atoms with van der Waals surface area (Å²) in [4.78, 5) is 0.